The van der Waals surface area contributed by atoms with Gasteiger partial charge in [0, 0.05) is 24.2 Å². The van der Waals surface area contributed by atoms with Gasteiger partial charge < -0.3 is 15.4 Å². The Bertz CT molecular complexity index is 572. The number of carbonyl (C=O) groups is 1. The number of rotatable bonds is 1. The Labute approximate surface area is 118 Å². The highest BCUT2D eigenvalue weighted by atomic mass is 16.5. The number of benzene rings is 1. The minimum absolute atomic E-state index is 0.110. The SMILES string of the molecule is N[C@]12CC[C@H]1CN(C(=O)c1cccc3c1COCC3)C2. The fourth-order valence-corrected chi connectivity index (χ4v) is 3.81. The smallest absolute Gasteiger partial charge is 0.254 e. The van der Waals surface area contributed by atoms with Crippen molar-refractivity contribution in [2.75, 3.05) is 19.7 Å². The number of hydrogen-bond acceptors (Lipinski definition) is 3. The van der Waals surface area contributed by atoms with Crippen molar-refractivity contribution in [3.05, 3.63) is 34.9 Å². The van der Waals surface area contributed by atoms with Gasteiger partial charge in [-0.2, -0.15) is 0 Å². The lowest BCUT2D eigenvalue weighted by Gasteiger charge is -2.39. The molecule has 0 unspecified atom stereocenters. The van der Waals surface area contributed by atoms with Crippen molar-refractivity contribution in [2.45, 2.75) is 31.4 Å². The first-order valence-corrected chi connectivity index (χ1v) is 7.44. The summed E-state index contributed by atoms with van der Waals surface area (Å²) in [6, 6.07) is 6.02. The molecule has 2 N–H and O–H groups in total. The number of likely N-dealkylation sites (tertiary alicyclic amines) is 1. The van der Waals surface area contributed by atoms with Crippen molar-refractivity contribution in [1.82, 2.24) is 4.90 Å². The van der Waals surface area contributed by atoms with Gasteiger partial charge in [0.05, 0.1) is 13.2 Å². The van der Waals surface area contributed by atoms with Crippen LogP contribution in [0.5, 0.6) is 0 Å². The van der Waals surface area contributed by atoms with Gasteiger partial charge in [0.25, 0.3) is 5.91 Å². The molecule has 2 aliphatic heterocycles. The van der Waals surface area contributed by atoms with Crippen LogP contribution in [0.4, 0.5) is 0 Å². The summed E-state index contributed by atoms with van der Waals surface area (Å²) in [4.78, 5) is 14.7. The van der Waals surface area contributed by atoms with Crippen molar-refractivity contribution in [3.8, 4) is 0 Å². The Morgan fingerprint density at radius 2 is 2.35 bits per heavy atom. The fraction of sp³-hybridized carbons (Fsp3) is 0.562. The van der Waals surface area contributed by atoms with Gasteiger partial charge in [-0.25, -0.2) is 0 Å². The van der Waals surface area contributed by atoms with Crippen LogP contribution in [-0.4, -0.2) is 36.0 Å². The predicted molar refractivity (Wildman–Crippen MR) is 75.3 cm³/mol. The molecule has 4 heteroatoms. The third kappa shape index (κ3) is 1.71. The van der Waals surface area contributed by atoms with E-state index in [1.807, 2.05) is 17.0 Å². The van der Waals surface area contributed by atoms with E-state index >= 15 is 0 Å². The summed E-state index contributed by atoms with van der Waals surface area (Å²) < 4.78 is 5.53. The number of nitrogens with two attached hydrogens (primary N) is 1. The quantitative estimate of drug-likeness (QED) is 0.839. The van der Waals surface area contributed by atoms with Crippen LogP contribution < -0.4 is 5.73 Å². The molecule has 4 nitrogen and oxygen atoms in total. The van der Waals surface area contributed by atoms with Crippen LogP contribution >= 0.6 is 0 Å². The molecule has 1 aromatic carbocycles. The second kappa shape index (κ2) is 4.30. The molecule has 0 spiro atoms. The highest BCUT2D eigenvalue weighted by Crippen LogP contribution is 2.43. The Hall–Kier alpha value is -1.39. The maximum atomic E-state index is 12.8. The van der Waals surface area contributed by atoms with Gasteiger partial charge in [-0.1, -0.05) is 12.1 Å². The highest BCUT2D eigenvalue weighted by Gasteiger charge is 2.51. The van der Waals surface area contributed by atoms with Crippen molar-refractivity contribution in [1.29, 1.82) is 0 Å². The first kappa shape index (κ1) is 12.4. The second-order valence-corrected chi connectivity index (χ2v) is 6.40. The summed E-state index contributed by atoms with van der Waals surface area (Å²) in [6.45, 7) is 2.84. The third-order valence-corrected chi connectivity index (χ3v) is 5.25. The first-order valence-electron chi connectivity index (χ1n) is 7.44. The van der Waals surface area contributed by atoms with Crippen LogP contribution in [-0.2, 0) is 17.8 Å². The van der Waals surface area contributed by atoms with Gasteiger partial charge in [-0.05, 0) is 42.4 Å². The first-order chi connectivity index (χ1) is 9.67. The molecule has 2 atom stereocenters. The fourth-order valence-electron chi connectivity index (χ4n) is 3.81. The van der Waals surface area contributed by atoms with E-state index in [1.54, 1.807) is 0 Å². The van der Waals surface area contributed by atoms with Gasteiger partial charge in [-0.3, -0.25) is 4.79 Å². The lowest BCUT2D eigenvalue weighted by molar-refractivity contribution is 0.0768. The average Bonchev–Trinajstić information content (AvgIpc) is 2.70. The molecule has 0 bridgehead atoms. The van der Waals surface area contributed by atoms with Gasteiger partial charge in [0.2, 0.25) is 0 Å². The van der Waals surface area contributed by atoms with Gasteiger partial charge in [0.15, 0.2) is 0 Å². The minimum Gasteiger partial charge on any atom is -0.376 e. The van der Waals surface area contributed by atoms with Crippen molar-refractivity contribution < 1.29 is 9.53 Å². The second-order valence-electron chi connectivity index (χ2n) is 6.40. The molecule has 3 aliphatic rings. The van der Waals surface area contributed by atoms with Crippen LogP contribution in [0.15, 0.2) is 18.2 Å². The number of nitrogens with zero attached hydrogens (tertiary/aromatic N) is 1. The number of fused-ring (bicyclic) bond motifs is 2. The van der Waals surface area contributed by atoms with E-state index in [4.69, 9.17) is 10.5 Å². The van der Waals surface area contributed by atoms with E-state index in [0.717, 1.165) is 43.5 Å². The molecule has 106 valence electrons. The topological polar surface area (TPSA) is 55.6 Å². The van der Waals surface area contributed by atoms with Crippen LogP contribution in [0.2, 0.25) is 0 Å². The number of carbonyl (C=O) groups excluding carboxylic acids is 1. The molecular weight excluding hydrogens is 252 g/mol. The zero-order chi connectivity index (χ0) is 13.7. The minimum atomic E-state index is -0.110. The molecule has 1 saturated heterocycles. The summed E-state index contributed by atoms with van der Waals surface area (Å²) in [6.07, 6.45) is 3.12. The van der Waals surface area contributed by atoms with E-state index in [0.29, 0.717) is 19.1 Å². The Morgan fingerprint density at radius 1 is 1.45 bits per heavy atom. The Balaban J connectivity index is 1.63. The molecule has 2 heterocycles. The molecule has 1 saturated carbocycles. The average molecular weight is 272 g/mol. The Morgan fingerprint density at radius 3 is 3.05 bits per heavy atom. The molecule has 2 fully saturated rings. The molecule has 20 heavy (non-hydrogen) atoms. The van der Waals surface area contributed by atoms with E-state index in [2.05, 4.69) is 6.07 Å². The summed E-state index contributed by atoms with van der Waals surface area (Å²) in [5.74, 6) is 0.633. The molecular formula is C16H20N2O2. The summed E-state index contributed by atoms with van der Waals surface area (Å²) in [5, 5.41) is 0. The maximum absolute atomic E-state index is 12.8. The van der Waals surface area contributed by atoms with E-state index in [1.165, 1.54) is 5.56 Å². The predicted octanol–water partition coefficient (Wildman–Crippen LogP) is 1.32. The number of hydrogen-bond donors (Lipinski definition) is 1. The van der Waals surface area contributed by atoms with E-state index in [9.17, 15) is 4.79 Å². The Kier molecular flexibility index (Phi) is 2.66. The number of amides is 1. The molecule has 4 rings (SSSR count). The van der Waals surface area contributed by atoms with Crippen molar-refractivity contribution in [2.24, 2.45) is 11.7 Å². The van der Waals surface area contributed by atoms with Crippen LogP contribution in [0.1, 0.15) is 34.3 Å². The summed E-state index contributed by atoms with van der Waals surface area (Å²) >= 11 is 0. The molecule has 1 aromatic rings. The zero-order valence-electron chi connectivity index (χ0n) is 11.6. The zero-order valence-corrected chi connectivity index (χ0v) is 11.6. The van der Waals surface area contributed by atoms with Gasteiger partial charge >= 0.3 is 0 Å². The lowest BCUT2D eigenvalue weighted by atomic mass is 9.70. The van der Waals surface area contributed by atoms with Crippen molar-refractivity contribution in [3.63, 3.8) is 0 Å². The largest absolute Gasteiger partial charge is 0.376 e. The summed E-state index contributed by atoms with van der Waals surface area (Å²) in [7, 11) is 0. The van der Waals surface area contributed by atoms with Crippen LogP contribution in [0, 0.1) is 5.92 Å². The number of ether oxygens (including phenoxy) is 1. The maximum Gasteiger partial charge on any atom is 0.254 e. The lowest BCUT2D eigenvalue weighted by Crippen LogP contribution is -2.54. The molecule has 0 aromatic heterocycles. The monoisotopic (exact) mass is 272 g/mol. The summed E-state index contributed by atoms with van der Waals surface area (Å²) in [5.41, 5.74) is 9.37. The molecule has 1 amide bonds. The third-order valence-electron chi connectivity index (χ3n) is 5.25. The van der Waals surface area contributed by atoms with Gasteiger partial charge in [-0.15, -0.1) is 0 Å². The van der Waals surface area contributed by atoms with Gasteiger partial charge in [0.1, 0.15) is 0 Å². The van der Waals surface area contributed by atoms with E-state index < -0.39 is 0 Å². The molecule has 1 aliphatic carbocycles. The van der Waals surface area contributed by atoms with Crippen molar-refractivity contribution >= 4 is 5.91 Å². The standard InChI is InChI=1S/C16H20N2O2/c17-16-6-4-12(16)8-18(10-16)15(19)13-3-1-2-11-5-7-20-9-14(11)13/h1-3,12H,4-10,17H2/t12-,16-/m0/s1. The normalized spacial score (nSPS) is 31.4. The van der Waals surface area contributed by atoms with Crippen LogP contribution in [0.25, 0.3) is 0 Å². The molecule has 0 radical (unpaired) electrons. The highest BCUT2D eigenvalue weighted by molar-refractivity contribution is 5.96. The van der Waals surface area contributed by atoms with E-state index in [-0.39, 0.29) is 11.4 Å². The van der Waals surface area contributed by atoms with Crippen LogP contribution in [0.3, 0.4) is 0 Å².